The molecule has 0 amide bonds. The molecule has 0 fully saturated rings. The highest BCUT2D eigenvalue weighted by Gasteiger charge is 2.10. The molecule has 14 heavy (non-hydrogen) atoms. The molecule has 0 aliphatic rings. The Labute approximate surface area is 86.6 Å². The summed E-state index contributed by atoms with van der Waals surface area (Å²) in [5, 5.41) is 1.00. The molecule has 74 valence electrons. The highest BCUT2D eigenvalue weighted by Crippen LogP contribution is 2.29. The third-order valence-corrected chi connectivity index (χ3v) is 3.48. The summed E-state index contributed by atoms with van der Waals surface area (Å²) in [4.78, 5) is 4.41. The molecule has 2 rings (SSSR count). The van der Waals surface area contributed by atoms with E-state index in [1.54, 1.807) is 6.07 Å². The van der Waals surface area contributed by atoms with Gasteiger partial charge in [-0.2, -0.15) is 0 Å². The molecule has 1 aromatic carbocycles. The summed E-state index contributed by atoms with van der Waals surface area (Å²) in [5.74, 6) is 0.219. The Morgan fingerprint density at radius 3 is 2.71 bits per heavy atom. The fourth-order valence-corrected chi connectivity index (χ4v) is 2.34. The molecule has 0 saturated carbocycles. The summed E-state index contributed by atoms with van der Waals surface area (Å²) in [7, 11) is 0. The van der Waals surface area contributed by atoms with E-state index in [1.807, 2.05) is 13.0 Å². The third-order valence-electron chi connectivity index (χ3n) is 2.10. The van der Waals surface area contributed by atoms with Gasteiger partial charge in [0.05, 0.1) is 15.2 Å². The highest BCUT2D eigenvalue weighted by molar-refractivity contribution is 7.18. The molecule has 1 heterocycles. The van der Waals surface area contributed by atoms with Crippen LogP contribution in [0, 0.1) is 12.7 Å². The van der Waals surface area contributed by atoms with Gasteiger partial charge in [0, 0.05) is 5.92 Å². The van der Waals surface area contributed by atoms with E-state index in [2.05, 4.69) is 18.8 Å². The number of aryl methyl sites for hydroxylation is 1. The van der Waals surface area contributed by atoms with Crippen molar-refractivity contribution in [1.29, 1.82) is 0 Å². The topological polar surface area (TPSA) is 12.9 Å². The fourth-order valence-electron chi connectivity index (χ4n) is 1.39. The van der Waals surface area contributed by atoms with Crippen molar-refractivity contribution in [1.82, 2.24) is 4.98 Å². The van der Waals surface area contributed by atoms with E-state index in [0.717, 1.165) is 16.1 Å². The van der Waals surface area contributed by atoms with Crippen LogP contribution in [0.3, 0.4) is 0 Å². The predicted molar refractivity (Wildman–Crippen MR) is 58.4 cm³/mol. The smallest absolute Gasteiger partial charge is 0.142 e. The summed E-state index contributed by atoms with van der Waals surface area (Å²) >= 11 is 1.45. The maximum atomic E-state index is 13.5. The molecule has 0 aliphatic carbocycles. The zero-order valence-electron chi connectivity index (χ0n) is 8.47. The largest absolute Gasteiger partial charge is 0.241 e. The second-order valence-electron chi connectivity index (χ2n) is 3.80. The lowest BCUT2D eigenvalue weighted by Crippen LogP contribution is -1.83. The lowest BCUT2D eigenvalue weighted by atomic mass is 10.2. The van der Waals surface area contributed by atoms with Gasteiger partial charge in [0.25, 0.3) is 0 Å². The van der Waals surface area contributed by atoms with Crippen molar-refractivity contribution in [2.45, 2.75) is 26.7 Å². The number of nitrogens with zero attached hydrogens (tertiary/aromatic N) is 1. The van der Waals surface area contributed by atoms with Crippen LogP contribution in [-0.4, -0.2) is 4.98 Å². The van der Waals surface area contributed by atoms with Gasteiger partial charge in [0.2, 0.25) is 0 Å². The second kappa shape index (κ2) is 3.31. The molecule has 0 N–H and O–H groups in total. The Hall–Kier alpha value is -0.960. The van der Waals surface area contributed by atoms with Crippen molar-refractivity contribution >= 4 is 21.6 Å². The van der Waals surface area contributed by atoms with E-state index in [1.165, 1.54) is 11.3 Å². The van der Waals surface area contributed by atoms with Crippen LogP contribution in [0.1, 0.15) is 30.3 Å². The van der Waals surface area contributed by atoms with Gasteiger partial charge in [-0.3, -0.25) is 0 Å². The third kappa shape index (κ3) is 1.52. The van der Waals surface area contributed by atoms with Gasteiger partial charge in [-0.15, -0.1) is 11.3 Å². The Balaban J connectivity index is 2.70. The quantitative estimate of drug-likeness (QED) is 0.694. The molecule has 1 nitrogen and oxygen atoms in total. The summed E-state index contributed by atoms with van der Waals surface area (Å²) in [6, 6.07) is 3.49. The van der Waals surface area contributed by atoms with Crippen LogP contribution in [0.25, 0.3) is 10.2 Å². The van der Waals surface area contributed by atoms with Gasteiger partial charge < -0.3 is 0 Å². The van der Waals surface area contributed by atoms with E-state index >= 15 is 0 Å². The van der Waals surface area contributed by atoms with Gasteiger partial charge in [-0.05, 0) is 24.6 Å². The van der Waals surface area contributed by atoms with E-state index in [4.69, 9.17) is 0 Å². The zero-order valence-corrected chi connectivity index (χ0v) is 9.28. The maximum absolute atomic E-state index is 13.5. The van der Waals surface area contributed by atoms with E-state index in [9.17, 15) is 4.39 Å². The van der Waals surface area contributed by atoms with E-state index < -0.39 is 0 Å². The summed E-state index contributed by atoms with van der Waals surface area (Å²) in [6.45, 7) is 6.03. The van der Waals surface area contributed by atoms with E-state index in [-0.39, 0.29) is 5.82 Å². The molecule has 0 radical (unpaired) electrons. The summed E-state index contributed by atoms with van der Waals surface area (Å²) < 4.78 is 14.2. The molecule has 0 aliphatic heterocycles. The van der Waals surface area contributed by atoms with Crippen LogP contribution < -0.4 is 0 Å². The van der Waals surface area contributed by atoms with Gasteiger partial charge in [-0.1, -0.05) is 13.8 Å². The zero-order chi connectivity index (χ0) is 10.3. The maximum Gasteiger partial charge on any atom is 0.142 e. The van der Waals surface area contributed by atoms with Crippen molar-refractivity contribution in [3.05, 3.63) is 28.5 Å². The molecule has 0 bridgehead atoms. The number of aromatic nitrogens is 1. The molecule has 3 heteroatoms. The average Bonchev–Trinajstić information content (AvgIpc) is 2.47. The molecular weight excluding hydrogens is 197 g/mol. The first-order valence-electron chi connectivity index (χ1n) is 4.64. The number of benzene rings is 1. The lowest BCUT2D eigenvalue weighted by molar-refractivity contribution is 0.640. The Bertz CT molecular complexity index is 473. The predicted octanol–water partition coefficient (Wildman–Crippen LogP) is 3.87. The lowest BCUT2D eigenvalue weighted by Gasteiger charge is -1.94. The summed E-state index contributed by atoms with van der Waals surface area (Å²) in [5.41, 5.74) is 1.71. The number of hydrogen-bond acceptors (Lipinski definition) is 2. The fraction of sp³-hybridized carbons (Fsp3) is 0.364. The number of hydrogen-bond donors (Lipinski definition) is 0. The van der Waals surface area contributed by atoms with Crippen LogP contribution in [0.4, 0.5) is 4.39 Å². The minimum absolute atomic E-state index is 0.149. The number of thiazole rings is 1. The molecule has 2 aromatic rings. The van der Waals surface area contributed by atoms with Gasteiger partial charge in [0.15, 0.2) is 0 Å². The van der Waals surface area contributed by atoms with Crippen LogP contribution >= 0.6 is 11.3 Å². The number of fused-ring (bicyclic) bond motifs is 1. The minimum atomic E-state index is -0.149. The first-order valence-corrected chi connectivity index (χ1v) is 5.46. The van der Waals surface area contributed by atoms with Crippen molar-refractivity contribution in [2.75, 3.05) is 0 Å². The number of rotatable bonds is 1. The van der Waals surface area contributed by atoms with Gasteiger partial charge in [-0.25, -0.2) is 9.37 Å². The molecule has 0 spiro atoms. The van der Waals surface area contributed by atoms with Crippen LogP contribution in [0.15, 0.2) is 12.1 Å². The number of halogens is 1. The van der Waals surface area contributed by atoms with E-state index in [0.29, 0.717) is 10.6 Å². The Morgan fingerprint density at radius 1 is 1.36 bits per heavy atom. The molecule has 1 aromatic heterocycles. The van der Waals surface area contributed by atoms with Gasteiger partial charge in [0.1, 0.15) is 5.82 Å². The Kier molecular flexibility index (Phi) is 2.27. The molecule has 0 unspecified atom stereocenters. The van der Waals surface area contributed by atoms with Crippen molar-refractivity contribution in [3.63, 3.8) is 0 Å². The molecular formula is C11H12FNS. The first-order chi connectivity index (χ1) is 6.58. The highest BCUT2D eigenvalue weighted by atomic mass is 32.1. The monoisotopic (exact) mass is 209 g/mol. The average molecular weight is 209 g/mol. The minimum Gasteiger partial charge on any atom is -0.241 e. The normalized spacial score (nSPS) is 11.5. The standard InChI is InChI=1S/C11H12FNS/c1-6(2)11-13-9-5-7(3)4-8(12)10(9)14-11/h4-6H,1-3H3. The molecule has 0 atom stereocenters. The van der Waals surface area contributed by atoms with Crippen molar-refractivity contribution < 1.29 is 4.39 Å². The van der Waals surface area contributed by atoms with Crippen molar-refractivity contribution in [3.8, 4) is 0 Å². The van der Waals surface area contributed by atoms with Crippen LogP contribution in [0.2, 0.25) is 0 Å². The van der Waals surface area contributed by atoms with Gasteiger partial charge >= 0.3 is 0 Å². The van der Waals surface area contributed by atoms with Crippen LogP contribution in [-0.2, 0) is 0 Å². The second-order valence-corrected chi connectivity index (χ2v) is 4.83. The Morgan fingerprint density at radius 2 is 2.07 bits per heavy atom. The summed E-state index contributed by atoms with van der Waals surface area (Å²) in [6.07, 6.45) is 0. The molecule has 0 saturated heterocycles. The SMILES string of the molecule is Cc1cc(F)c2sc(C(C)C)nc2c1. The van der Waals surface area contributed by atoms with Crippen molar-refractivity contribution in [2.24, 2.45) is 0 Å². The van der Waals surface area contributed by atoms with Crippen LogP contribution in [0.5, 0.6) is 0 Å². The first kappa shape index (κ1) is 9.59.